The molecule has 0 spiro atoms. The highest BCUT2D eigenvalue weighted by Crippen LogP contribution is 2.26. The maximum atomic E-state index is 13.3. The first-order valence-corrected chi connectivity index (χ1v) is 11.2. The Morgan fingerprint density at radius 2 is 2.09 bits per heavy atom. The molecule has 3 aromatic rings. The van der Waals surface area contributed by atoms with Crippen LogP contribution in [-0.2, 0) is 6.42 Å². The molecule has 1 aliphatic heterocycles. The fourth-order valence-corrected chi connectivity index (χ4v) is 3.98. The highest BCUT2D eigenvalue weighted by atomic mass is 19.1. The Morgan fingerprint density at radius 1 is 1.21 bits per heavy atom. The van der Waals surface area contributed by atoms with E-state index >= 15 is 0 Å². The minimum absolute atomic E-state index is 0.0948. The van der Waals surface area contributed by atoms with E-state index in [0.717, 1.165) is 23.3 Å². The van der Waals surface area contributed by atoms with E-state index < -0.39 is 0 Å². The number of piperidine rings is 1. The third-order valence-corrected chi connectivity index (χ3v) is 5.76. The number of halogens is 1. The molecule has 5 nitrogen and oxygen atoms in total. The average molecular weight is 446 g/mol. The lowest BCUT2D eigenvalue weighted by molar-refractivity contribution is 0.198. The molecular formula is C27H28FN3O2. The minimum Gasteiger partial charge on any atom is -0.493 e. The van der Waals surface area contributed by atoms with Crippen molar-refractivity contribution in [3.05, 3.63) is 95.6 Å². The van der Waals surface area contributed by atoms with Gasteiger partial charge in [-0.15, -0.1) is 0 Å². The molecule has 0 aliphatic carbocycles. The van der Waals surface area contributed by atoms with Crippen LogP contribution in [0.15, 0.2) is 78.6 Å². The molecule has 1 fully saturated rings. The molecule has 1 aromatic heterocycles. The summed E-state index contributed by atoms with van der Waals surface area (Å²) in [5, 5.41) is 2.91. The zero-order chi connectivity index (χ0) is 23.0. The topological polar surface area (TPSA) is 54.5 Å². The molecule has 0 bridgehead atoms. The molecule has 1 saturated heterocycles. The van der Waals surface area contributed by atoms with Gasteiger partial charge in [0.2, 0.25) is 0 Å². The molecule has 0 radical (unpaired) electrons. The number of ether oxygens (including phenoxy) is 1. The number of rotatable bonds is 6. The van der Waals surface area contributed by atoms with Gasteiger partial charge in [-0.05, 0) is 59.9 Å². The summed E-state index contributed by atoms with van der Waals surface area (Å²) in [6, 6.07) is 18.1. The van der Waals surface area contributed by atoms with Gasteiger partial charge < -0.3 is 15.0 Å². The van der Waals surface area contributed by atoms with Gasteiger partial charge in [-0.2, -0.15) is 0 Å². The predicted octanol–water partition coefficient (Wildman–Crippen LogP) is 5.80. The lowest BCUT2D eigenvalue weighted by atomic mass is 9.91. The Labute approximate surface area is 193 Å². The summed E-state index contributed by atoms with van der Waals surface area (Å²) < 4.78 is 19.2. The van der Waals surface area contributed by atoms with Crippen LogP contribution in [0, 0.1) is 11.7 Å². The standard InChI is InChI=1S/C27H28FN3O2/c1-20-19-31(27(32)30-25-8-4-12-29-18-25)13-10-23(20)15-22-6-3-9-26(17-22)33-14-11-21-5-2-7-24(28)16-21/h2-9,12,15-18,20H,10-11,13-14,19H2,1H3,(H,30,32). The molecule has 1 N–H and O–H groups in total. The monoisotopic (exact) mass is 445 g/mol. The fourth-order valence-electron chi connectivity index (χ4n) is 3.98. The number of benzene rings is 2. The maximum Gasteiger partial charge on any atom is 0.321 e. The Kier molecular flexibility index (Phi) is 7.35. The average Bonchev–Trinajstić information content (AvgIpc) is 2.81. The first-order chi connectivity index (χ1) is 16.1. The fraction of sp³-hybridized carbons (Fsp3) is 0.259. The third kappa shape index (κ3) is 6.42. The largest absolute Gasteiger partial charge is 0.493 e. The number of pyridine rings is 1. The summed E-state index contributed by atoms with van der Waals surface area (Å²) in [5.74, 6) is 0.827. The zero-order valence-corrected chi connectivity index (χ0v) is 18.7. The van der Waals surface area contributed by atoms with Gasteiger partial charge in [-0.25, -0.2) is 9.18 Å². The number of carbonyl (C=O) groups excluding carboxylic acids is 1. The quantitative estimate of drug-likeness (QED) is 0.522. The molecule has 4 rings (SSSR count). The molecule has 2 heterocycles. The lowest BCUT2D eigenvalue weighted by Crippen LogP contribution is -2.42. The molecule has 6 heteroatoms. The van der Waals surface area contributed by atoms with E-state index in [0.29, 0.717) is 31.8 Å². The number of nitrogens with zero attached hydrogens (tertiary/aromatic N) is 2. The summed E-state index contributed by atoms with van der Waals surface area (Å²) >= 11 is 0. The van der Waals surface area contributed by atoms with Crippen molar-refractivity contribution in [2.75, 3.05) is 25.0 Å². The number of amides is 2. The molecule has 1 atom stereocenters. The van der Waals surface area contributed by atoms with Crippen molar-refractivity contribution in [2.45, 2.75) is 19.8 Å². The number of nitrogens with one attached hydrogen (secondary N) is 1. The first kappa shape index (κ1) is 22.5. The smallest absolute Gasteiger partial charge is 0.321 e. The summed E-state index contributed by atoms with van der Waals surface area (Å²) in [7, 11) is 0. The van der Waals surface area contributed by atoms with Crippen LogP contribution in [0.25, 0.3) is 6.08 Å². The molecule has 2 aromatic carbocycles. The Hall–Kier alpha value is -3.67. The van der Waals surface area contributed by atoms with Crippen molar-refractivity contribution in [1.82, 2.24) is 9.88 Å². The van der Waals surface area contributed by atoms with Crippen molar-refractivity contribution in [1.29, 1.82) is 0 Å². The normalized spacial score (nSPS) is 17.1. The van der Waals surface area contributed by atoms with Gasteiger partial charge >= 0.3 is 6.03 Å². The van der Waals surface area contributed by atoms with Crippen LogP contribution in [0.3, 0.4) is 0 Å². The molecule has 1 unspecified atom stereocenters. The molecule has 0 saturated carbocycles. The molecule has 170 valence electrons. The van der Waals surface area contributed by atoms with Crippen LogP contribution in [0.5, 0.6) is 5.75 Å². The summed E-state index contributed by atoms with van der Waals surface area (Å²) in [6.45, 7) is 3.98. The predicted molar refractivity (Wildman–Crippen MR) is 129 cm³/mol. The number of urea groups is 1. The van der Waals surface area contributed by atoms with Crippen LogP contribution >= 0.6 is 0 Å². The van der Waals surface area contributed by atoms with Crippen LogP contribution in [-0.4, -0.2) is 35.6 Å². The highest BCUT2D eigenvalue weighted by Gasteiger charge is 2.24. The Morgan fingerprint density at radius 3 is 2.88 bits per heavy atom. The number of hydrogen-bond donors (Lipinski definition) is 1. The van der Waals surface area contributed by atoms with Crippen LogP contribution < -0.4 is 10.1 Å². The van der Waals surface area contributed by atoms with E-state index in [9.17, 15) is 9.18 Å². The van der Waals surface area contributed by atoms with E-state index in [1.807, 2.05) is 35.2 Å². The number of anilines is 1. The van der Waals surface area contributed by atoms with Gasteiger partial charge in [0.15, 0.2) is 0 Å². The van der Waals surface area contributed by atoms with Crippen LogP contribution in [0.4, 0.5) is 14.9 Å². The van der Waals surface area contributed by atoms with E-state index in [1.54, 1.807) is 24.5 Å². The second-order valence-corrected chi connectivity index (χ2v) is 8.29. The number of likely N-dealkylation sites (tertiary alicyclic amines) is 1. The summed E-state index contributed by atoms with van der Waals surface area (Å²) in [4.78, 5) is 18.5. The molecule has 1 aliphatic rings. The van der Waals surface area contributed by atoms with E-state index in [1.165, 1.54) is 17.7 Å². The van der Waals surface area contributed by atoms with Crippen molar-refractivity contribution < 1.29 is 13.9 Å². The van der Waals surface area contributed by atoms with Gasteiger partial charge in [0.1, 0.15) is 11.6 Å². The Balaban J connectivity index is 1.32. The number of hydrogen-bond acceptors (Lipinski definition) is 3. The van der Waals surface area contributed by atoms with Gasteiger partial charge in [-0.1, -0.05) is 42.8 Å². The van der Waals surface area contributed by atoms with Crippen molar-refractivity contribution in [2.24, 2.45) is 5.92 Å². The third-order valence-electron chi connectivity index (χ3n) is 5.76. The highest BCUT2D eigenvalue weighted by molar-refractivity contribution is 5.89. The van der Waals surface area contributed by atoms with Crippen molar-refractivity contribution >= 4 is 17.8 Å². The zero-order valence-electron chi connectivity index (χ0n) is 18.7. The lowest BCUT2D eigenvalue weighted by Gasteiger charge is -2.33. The minimum atomic E-state index is -0.226. The number of aromatic nitrogens is 1. The van der Waals surface area contributed by atoms with Crippen molar-refractivity contribution in [3.8, 4) is 5.75 Å². The summed E-state index contributed by atoms with van der Waals surface area (Å²) in [5.41, 5.74) is 4.01. The molecule has 2 amide bonds. The van der Waals surface area contributed by atoms with Gasteiger partial charge in [-0.3, -0.25) is 4.98 Å². The SMILES string of the molecule is CC1CN(C(=O)Nc2cccnc2)CCC1=Cc1cccc(OCCc2cccc(F)c2)c1. The second-order valence-electron chi connectivity index (χ2n) is 8.29. The Bertz CT molecular complexity index is 1120. The van der Waals surface area contributed by atoms with E-state index in [-0.39, 0.29) is 17.8 Å². The molecule has 33 heavy (non-hydrogen) atoms. The molecular weight excluding hydrogens is 417 g/mol. The second kappa shape index (κ2) is 10.8. The maximum absolute atomic E-state index is 13.3. The van der Waals surface area contributed by atoms with Gasteiger partial charge in [0.25, 0.3) is 0 Å². The van der Waals surface area contributed by atoms with Gasteiger partial charge in [0, 0.05) is 25.7 Å². The first-order valence-electron chi connectivity index (χ1n) is 11.2. The van der Waals surface area contributed by atoms with Crippen LogP contribution in [0.2, 0.25) is 0 Å². The number of carbonyl (C=O) groups is 1. The van der Waals surface area contributed by atoms with E-state index in [2.05, 4.69) is 29.4 Å². The van der Waals surface area contributed by atoms with E-state index in [4.69, 9.17) is 4.74 Å². The van der Waals surface area contributed by atoms with Crippen LogP contribution in [0.1, 0.15) is 24.5 Å². The van der Waals surface area contributed by atoms with Crippen molar-refractivity contribution in [3.63, 3.8) is 0 Å². The summed E-state index contributed by atoms with van der Waals surface area (Å²) in [6.07, 6.45) is 6.99. The van der Waals surface area contributed by atoms with Gasteiger partial charge in [0.05, 0.1) is 18.5 Å².